The summed E-state index contributed by atoms with van der Waals surface area (Å²) in [4.78, 5) is 12.5. The lowest BCUT2D eigenvalue weighted by Gasteiger charge is -1.95. The zero-order chi connectivity index (χ0) is 14.3. The van der Waals surface area contributed by atoms with Crippen molar-refractivity contribution in [3.8, 4) is 0 Å². The van der Waals surface area contributed by atoms with Crippen molar-refractivity contribution in [3.05, 3.63) is 52.0 Å². The molecular weight excluding hydrogens is 320 g/mol. The van der Waals surface area contributed by atoms with Crippen LogP contribution in [0.5, 0.6) is 0 Å². The first-order valence-corrected chi connectivity index (χ1v) is 7.15. The van der Waals surface area contributed by atoms with Gasteiger partial charge < -0.3 is 4.42 Å². The second-order valence-electron chi connectivity index (χ2n) is 4.61. The molecule has 5 heteroatoms. The molecule has 102 valence electrons. The van der Waals surface area contributed by atoms with Gasteiger partial charge >= 0.3 is 0 Å². The number of nitrogens with zero attached hydrogens (tertiary/aromatic N) is 2. The number of furan rings is 1. The maximum Gasteiger partial charge on any atom is 0.231 e. The van der Waals surface area contributed by atoms with Crippen LogP contribution >= 0.6 is 15.9 Å². The van der Waals surface area contributed by atoms with Crippen LogP contribution in [0.25, 0.3) is 11.0 Å². The molecule has 20 heavy (non-hydrogen) atoms. The van der Waals surface area contributed by atoms with E-state index < -0.39 is 0 Å². The average molecular weight is 333 g/mol. The summed E-state index contributed by atoms with van der Waals surface area (Å²) in [5.41, 5.74) is 2.13. The Balaban J connectivity index is 2.09. The number of benzene rings is 1. The van der Waals surface area contributed by atoms with Gasteiger partial charge in [-0.2, -0.15) is 5.10 Å². The first-order chi connectivity index (χ1) is 9.60. The average Bonchev–Trinajstić information content (AvgIpc) is 3.04. The van der Waals surface area contributed by atoms with Crippen LogP contribution in [0, 0.1) is 6.92 Å². The molecule has 2 heterocycles. The summed E-state index contributed by atoms with van der Waals surface area (Å²) >= 11 is 3.43. The van der Waals surface area contributed by atoms with E-state index >= 15 is 0 Å². The van der Waals surface area contributed by atoms with Crippen LogP contribution in [0.3, 0.4) is 0 Å². The SMILES string of the molecule is CCn1cc(C(=O)c2oc3ccc(Br)cc3c2C)cn1. The van der Waals surface area contributed by atoms with E-state index in [1.807, 2.05) is 32.0 Å². The number of aromatic nitrogens is 2. The summed E-state index contributed by atoms with van der Waals surface area (Å²) in [5, 5.41) is 5.08. The number of aryl methyl sites for hydroxylation is 2. The van der Waals surface area contributed by atoms with Gasteiger partial charge in [0.25, 0.3) is 0 Å². The zero-order valence-electron chi connectivity index (χ0n) is 11.2. The van der Waals surface area contributed by atoms with Gasteiger partial charge in [0.1, 0.15) is 5.58 Å². The van der Waals surface area contributed by atoms with Gasteiger partial charge in [-0.3, -0.25) is 9.48 Å². The molecule has 4 nitrogen and oxygen atoms in total. The topological polar surface area (TPSA) is 48.0 Å². The monoisotopic (exact) mass is 332 g/mol. The van der Waals surface area contributed by atoms with E-state index in [9.17, 15) is 4.79 Å². The molecule has 2 aromatic heterocycles. The molecule has 0 bridgehead atoms. The van der Waals surface area contributed by atoms with Crippen LogP contribution in [0.15, 0.2) is 39.5 Å². The number of carbonyl (C=O) groups is 1. The minimum absolute atomic E-state index is 0.130. The van der Waals surface area contributed by atoms with Crippen LogP contribution in [-0.2, 0) is 6.54 Å². The second kappa shape index (κ2) is 4.90. The molecular formula is C15H13BrN2O2. The largest absolute Gasteiger partial charge is 0.452 e. The molecule has 0 aliphatic rings. The highest BCUT2D eigenvalue weighted by Crippen LogP contribution is 2.29. The van der Waals surface area contributed by atoms with Crippen molar-refractivity contribution in [2.45, 2.75) is 20.4 Å². The quantitative estimate of drug-likeness (QED) is 0.682. The normalized spacial score (nSPS) is 11.2. The van der Waals surface area contributed by atoms with E-state index in [-0.39, 0.29) is 5.78 Å². The first-order valence-electron chi connectivity index (χ1n) is 6.36. The molecule has 0 atom stereocenters. The molecule has 0 spiro atoms. The molecule has 0 aliphatic heterocycles. The Morgan fingerprint density at radius 1 is 1.45 bits per heavy atom. The van der Waals surface area contributed by atoms with Crippen molar-refractivity contribution >= 4 is 32.7 Å². The number of carbonyl (C=O) groups excluding carboxylic acids is 1. The van der Waals surface area contributed by atoms with E-state index in [2.05, 4.69) is 21.0 Å². The predicted octanol–water partition coefficient (Wildman–Crippen LogP) is 3.95. The highest BCUT2D eigenvalue weighted by molar-refractivity contribution is 9.10. The Morgan fingerprint density at radius 3 is 2.95 bits per heavy atom. The van der Waals surface area contributed by atoms with E-state index in [1.165, 1.54) is 0 Å². The molecule has 0 N–H and O–H groups in total. The molecule has 3 aromatic rings. The lowest BCUT2D eigenvalue weighted by atomic mass is 10.1. The Kier molecular flexibility index (Phi) is 3.22. The van der Waals surface area contributed by atoms with E-state index in [1.54, 1.807) is 17.1 Å². The van der Waals surface area contributed by atoms with Gasteiger partial charge in [-0.25, -0.2) is 0 Å². The Morgan fingerprint density at radius 2 is 2.25 bits per heavy atom. The number of rotatable bonds is 3. The van der Waals surface area contributed by atoms with Gasteiger partial charge in [-0.05, 0) is 32.0 Å². The van der Waals surface area contributed by atoms with Crippen molar-refractivity contribution in [2.75, 3.05) is 0 Å². The summed E-state index contributed by atoms with van der Waals surface area (Å²) in [6.07, 6.45) is 3.32. The highest BCUT2D eigenvalue weighted by atomic mass is 79.9. The standard InChI is InChI=1S/C15H13BrN2O2/c1-3-18-8-10(7-17-18)14(19)15-9(2)12-6-11(16)4-5-13(12)20-15/h4-8H,3H2,1-2H3. The zero-order valence-corrected chi connectivity index (χ0v) is 12.8. The minimum Gasteiger partial charge on any atom is -0.452 e. The van der Waals surface area contributed by atoms with E-state index in [4.69, 9.17) is 4.42 Å². The summed E-state index contributed by atoms with van der Waals surface area (Å²) in [5.74, 6) is 0.253. The van der Waals surface area contributed by atoms with Crippen molar-refractivity contribution < 1.29 is 9.21 Å². The van der Waals surface area contributed by atoms with Gasteiger partial charge in [-0.15, -0.1) is 0 Å². The fourth-order valence-electron chi connectivity index (χ4n) is 2.19. The molecule has 3 rings (SSSR count). The third-order valence-corrected chi connectivity index (χ3v) is 3.82. The van der Waals surface area contributed by atoms with Crippen molar-refractivity contribution in [1.29, 1.82) is 0 Å². The maximum absolute atomic E-state index is 12.5. The van der Waals surface area contributed by atoms with Gasteiger partial charge in [0.2, 0.25) is 5.78 Å². The van der Waals surface area contributed by atoms with Crippen LogP contribution in [-0.4, -0.2) is 15.6 Å². The lowest BCUT2D eigenvalue weighted by molar-refractivity contribution is 0.101. The van der Waals surface area contributed by atoms with Gasteiger partial charge in [0.05, 0.1) is 11.8 Å². The fourth-order valence-corrected chi connectivity index (χ4v) is 2.56. The van der Waals surface area contributed by atoms with Gasteiger partial charge in [0, 0.05) is 28.2 Å². The molecule has 0 amide bonds. The lowest BCUT2D eigenvalue weighted by Crippen LogP contribution is -2.00. The summed E-state index contributed by atoms with van der Waals surface area (Å²) < 4.78 is 8.39. The smallest absolute Gasteiger partial charge is 0.231 e. The summed E-state index contributed by atoms with van der Waals surface area (Å²) in [6, 6.07) is 5.72. The number of hydrogen-bond donors (Lipinski definition) is 0. The molecule has 0 saturated heterocycles. The van der Waals surface area contributed by atoms with Crippen LogP contribution in [0.2, 0.25) is 0 Å². The number of fused-ring (bicyclic) bond motifs is 1. The molecule has 0 saturated carbocycles. The molecule has 0 aliphatic carbocycles. The summed E-state index contributed by atoms with van der Waals surface area (Å²) in [6.45, 7) is 4.61. The van der Waals surface area contributed by atoms with Crippen LogP contribution < -0.4 is 0 Å². The third-order valence-electron chi connectivity index (χ3n) is 3.32. The molecule has 1 aromatic carbocycles. The predicted molar refractivity (Wildman–Crippen MR) is 80.0 cm³/mol. The Labute approximate surface area is 124 Å². The van der Waals surface area contributed by atoms with Gasteiger partial charge in [-0.1, -0.05) is 15.9 Å². The number of hydrogen-bond acceptors (Lipinski definition) is 3. The maximum atomic E-state index is 12.5. The second-order valence-corrected chi connectivity index (χ2v) is 5.53. The molecule has 0 fully saturated rings. The summed E-state index contributed by atoms with van der Waals surface area (Å²) in [7, 11) is 0. The van der Waals surface area contributed by atoms with E-state index in [0.29, 0.717) is 11.3 Å². The number of halogens is 1. The first kappa shape index (κ1) is 13.1. The van der Waals surface area contributed by atoms with Gasteiger partial charge in [0.15, 0.2) is 5.76 Å². The minimum atomic E-state index is -0.130. The highest BCUT2D eigenvalue weighted by Gasteiger charge is 2.20. The van der Waals surface area contributed by atoms with Crippen molar-refractivity contribution in [1.82, 2.24) is 9.78 Å². The van der Waals surface area contributed by atoms with E-state index in [0.717, 1.165) is 27.6 Å². The Hall–Kier alpha value is -1.88. The Bertz CT molecular complexity index is 801. The fraction of sp³-hybridized carbons (Fsp3) is 0.200. The van der Waals surface area contributed by atoms with Crippen molar-refractivity contribution in [3.63, 3.8) is 0 Å². The van der Waals surface area contributed by atoms with Crippen LogP contribution in [0.4, 0.5) is 0 Å². The molecule has 0 unspecified atom stereocenters. The molecule has 0 radical (unpaired) electrons. The van der Waals surface area contributed by atoms with Crippen molar-refractivity contribution in [2.24, 2.45) is 0 Å². The third kappa shape index (κ3) is 2.08. The number of ketones is 1. The van der Waals surface area contributed by atoms with Crippen LogP contribution in [0.1, 0.15) is 28.6 Å².